The van der Waals surface area contributed by atoms with Gasteiger partial charge in [-0.25, -0.2) is 9.18 Å². The number of halogens is 1. The third kappa shape index (κ3) is 3.18. The van der Waals surface area contributed by atoms with Crippen LogP contribution in [0.2, 0.25) is 0 Å². The fourth-order valence-corrected chi connectivity index (χ4v) is 1.58. The molecule has 1 saturated heterocycles. The van der Waals surface area contributed by atoms with Gasteiger partial charge in [0, 0.05) is 13.0 Å². The van der Waals surface area contributed by atoms with Crippen LogP contribution in [0.3, 0.4) is 0 Å². The lowest BCUT2D eigenvalue weighted by atomic mass is 10.2. The molecule has 1 rings (SSSR count). The van der Waals surface area contributed by atoms with E-state index < -0.39 is 12.3 Å². The van der Waals surface area contributed by atoms with Crippen molar-refractivity contribution in [3.05, 3.63) is 0 Å². The zero-order chi connectivity index (χ0) is 11.3. The number of ether oxygens (including phenoxy) is 1. The minimum atomic E-state index is -1.93. The number of carbonyl (C=O) groups is 2. The molecule has 0 aliphatic carbocycles. The van der Waals surface area contributed by atoms with Crippen molar-refractivity contribution in [2.24, 2.45) is 0 Å². The van der Waals surface area contributed by atoms with Crippen LogP contribution in [0.5, 0.6) is 0 Å². The number of carbonyl (C=O) groups excluding carboxylic acids is 2. The van der Waals surface area contributed by atoms with Gasteiger partial charge in [0.15, 0.2) is 0 Å². The van der Waals surface area contributed by atoms with Crippen molar-refractivity contribution in [1.29, 1.82) is 0 Å². The summed E-state index contributed by atoms with van der Waals surface area (Å²) in [4.78, 5) is 23.5. The molecule has 1 unspecified atom stereocenters. The van der Waals surface area contributed by atoms with Crippen LogP contribution in [0, 0.1) is 0 Å². The highest BCUT2D eigenvalue weighted by Gasteiger charge is 2.31. The quantitative estimate of drug-likeness (QED) is 0.528. The Morgan fingerprint density at radius 3 is 2.93 bits per heavy atom. The normalized spacial score (nSPS) is 19.6. The fourth-order valence-electron chi connectivity index (χ4n) is 1.58. The summed E-state index contributed by atoms with van der Waals surface area (Å²) < 4.78 is 18.1. The molecule has 1 aliphatic heterocycles. The summed E-state index contributed by atoms with van der Waals surface area (Å²) in [7, 11) is 0. The van der Waals surface area contributed by atoms with Crippen molar-refractivity contribution in [2.45, 2.75) is 38.9 Å². The first-order valence-electron chi connectivity index (χ1n) is 5.27. The summed E-state index contributed by atoms with van der Waals surface area (Å²) in [6.07, 6.45) is 0.796. The molecule has 5 heteroatoms. The molecule has 0 spiro atoms. The van der Waals surface area contributed by atoms with Crippen LogP contribution >= 0.6 is 0 Å². The highest BCUT2D eigenvalue weighted by molar-refractivity contribution is 5.83. The maximum Gasteiger partial charge on any atom is 0.362 e. The van der Waals surface area contributed by atoms with E-state index in [1.807, 2.05) is 0 Å². The summed E-state index contributed by atoms with van der Waals surface area (Å²) in [5, 5.41) is 0. The fraction of sp³-hybridized carbons (Fsp3) is 0.800. The number of rotatable bonds is 3. The number of alkyl halides is 1. The SMILES string of the molecule is CCOC(=O)C(F)N1CCCCCC1=O. The largest absolute Gasteiger partial charge is 0.462 e. The average molecular weight is 217 g/mol. The zero-order valence-electron chi connectivity index (χ0n) is 8.87. The highest BCUT2D eigenvalue weighted by Crippen LogP contribution is 2.15. The molecule has 0 aromatic heterocycles. The Hall–Kier alpha value is -1.13. The van der Waals surface area contributed by atoms with Gasteiger partial charge in [0.1, 0.15) is 0 Å². The van der Waals surface area contributed by atoms with Crippen molar-refractivity contribution in [2.75, 3.05) is 13.2 Å². The molecule has 1 aliphatic rings. The van der Waals surface area contributed by atoms with Gasteiger partial charge in [0.05, 0.1) is 6.61 Å². The number of esters is 1. The standard InChI is InChI=1S/C10H16FNO3/c1-2-15-10(14)9(11)12-7-5-3-4-6-8(12)13/h9H,2-7H2,1H3. The van der Waals surface area contributed by atoms with Crippen LogP contribution in [0.1, 0.15) is 32.6 Å². The van der Waals surface area contributed by atoms with Gasteiger partial charge >= 0.3 is 5.97 Å². The molecule has 86 valence electrons. The molecule has 0 aromatic carbocycles. The lowest BCUT2D eigenvalue weighted by Crippen LogP contribution is -2.42. The Morgan fingerprint density at radius 2 is 2.27 bits per heavy atom. The Morgan fingerprint density at radius 1 is 1.53 bits per heavy atom. The van der Waals surface area contributed by atoms with Crippen molar-refractivity contribution >= 4 is 11.9 Å². The average Bonchev–Trinajstić information content (AvgIpc) is 2.42. The molecule has 1 atom stereocenters. The molecule has 0 radical (unpaired) electrons. The van der Waals surface area contributed by atoms with Crippen molar-refractivity contribution < 1.29 is 18.7 Å². The number of amides is 1. The van der Waals surface area contributed by atoms with E-state index in [-0.39, 0.29) is 12.5 Å². The Balaban J connectivity index is 2.58. The lowest BCUT2D eigenvalue weighted by molar-refractivity contribution is -0.162. The first-order chi connectivity index (χ1) is 7.16. The maximum absolute atomic E-state index is 13.5. The van der Waals surface area contributed by atoms with Crippen LogP contribution in [0.4, 0.5) is 4.39 Å². The number of likely N-dealkylation sites (tertiary alicyclic amines) is 1. The van der Waals surface area contributed by atoms with Crippen LogP contribution in [0.15, 0.2) is 0 Å². The van der Waals surface area contributed by atoms with E-state index in [0.717, 1.165) is 24.2 Å². The lowest BCUT2D eigenvalue weighted by Gasteiger charge is -2.22. The van der Waals surface area contributed by atoms with E-state index in [2.05, 4.69) is 4.74 Å². The minimum absolute atomic E-state index is 0.126. The molecular weight excluding hydrogens is 201 g/mol. The van der Waals surface area contributed by atoms with E-state index in [9.17, 15) is 14.0 Å². The van der Waals surface area contributed by atoms with Gasteiger partial charge in [-0.3, -0.25) is 4.79 Å². The molecule has 0 N–H and O–H groups in total. The predicted octanol–water partition coefficient (Wildman–Crippen LogP) is 1.25. The Labute approximate surface area is 88.4 Å². The monoisotopic (exact) mass is 217 g/mol. The summed E-state index contributed by atoms with van der Waals surface area (Å²) in [5.41, 5.74) is 0. The van der Waals surface area contributed by atoms with Gasteiger partial charge < -0.3 is 9.64 Å². The summed E-state index contributed by atoms with van der Waals surface area (Å²) in [6, 6.07) is 0. The second-order valence-electron chi connectivity index (χ2n) is 3.49. The first-order valence-corrected chi connectivity index (χ1v) is 5.27. The van der Waals surface area contributed by atoms with Gasteiger partial charge in [-0.05, 0) is 19.8 Å². The molecule has 0 saturated carbocycles. The Bertz CT molecular complexity index is 245. The summed E-state index contributed by atoms with van der Waals surface area (Å²) >= 11 is 0. The molecule has 0 bridgehead atoms. The van der Waals surface area contributed by atoms with E-state index >= 15 is 0 Å². The van der Waals surface area contributed by atoms with Gasteiger partial charge in [-0.2, -0.15) is 0 Å². The van der Waals surface area contributed by atoms with Crippen molar-refractivity contribution in [1.82, 2.24) is 4.90 Å². The molecule has 4 nitrogen and oxygen atoms in total. The van der Waals surface area contributed by atoms with Gasteiger partial charge in [0.2, 0.25) is 5.91 Å². The number of hydrogen-bond acceptors (Lipinski definition) is 3. The van der Waals surface area contributed by atoms with E-state index in [4.69, 9.17) is 0 Å². The predicted molar refractivity (Wildman–Crippen MR) is 51.7 cm³/mol. The second-order valence-corrected chi connectivity index (χ2v) is 3.49. The molecular formula is C10H16FNO3. The number of nitrogens with zero attached hydrogens (tertiary/aromatic N) is 1. The maximum atomic E-state index is 13.5. The second kappa shape index (κ2) is 5.68. The van der Waals surface area contributed by atoms with E-state index in [1.54, 1.807) is 6.92 Å². The van der Waals surface area contributed by atoms with Gasteiger partial charge in [-0.1, -0.05) is 6.42 Å². The zero-order valence-corrected chi connectivity index (χ0v) is 8.87. The molecule has 15 heavy (non-hydrogen) atoms. The van der Waals surface area contributed by atoms with Crippen LogP contribution < -0.4 is 0 Å². The Kier molecular flexibility index (Phi) is 4.52. The van der Waals surface area contributed by atoms with E-state index in [0.29, 0.717) is 13.0 Å². The van der Waals surface area contributed by atoms with Gasteiger partial charge in [-0.15, -0.1) is 0 Å². The molecule has 0 aromatic rings. The van der Waals surface area contributed by atoms with Crippen LogP contribution in [-0.2, 0) is 14.3 Å². The highest BCUT2D eigenvalue weighted by atomic mass is 19.1. The third-order valence-electron chi connectivity index (χ3n) is 2.36. The topological polar surface area (TPSA) is 46.6 Å². The molecule has 1 heterocycles. The third-order valence-corrected chi connectivity index (χ3v) is 2.36. The smallest absolute Gasteiger partial charge is 0.362 e. The van der Waals surface area contributed by atoms with Crippen molar-refractivity contribution in [3.63, 3.8) is 0 Å². The summed E-state index contributed by atoms with van der Waals surface area (Å²) in [5.74, 6) is -1.26. The molecule has 1 amide bonds. The first kappa shape index (κ1) is 11.9. The number of hydrogen-bond donors (Lipinski definition) is 0. The van der Waals surface area contributed by atoms with E-state index in [1.165, 1.54) is 0 Å². The van der Waals surface area contributed by atoms with Gasteiger partial charge in [0.25, 0.3) is 6.30 Å². The molecule has 1 fully saturated rings. The minimum Gasteiger partial charge on any atom is -0.462 e. The summed E-state index contributed by atoms with van der Waals surface area (Å²) in [6.45, 7) is 2.04. The van der Waals surface area contributed by atoms with Crippen LogP contribution in [-0.4, -0.2) is 36.2 Å². The van der Waals surface area contributed by atoms with Crippen molar-refractivity contribution in [3.8, 4) is 0 Å². The van der Waals surface area contributed by atoms with Crippen LogP contribution in [0.25, 0.3) is 0 Å².